The first-order valence-electron chi connectivity index (χ1n) is 15.0. The zero-order valence-corrected chi connectivity index (χ0v) is 24.8. The van der Waals surface area contributed by atoms with Crippen LogP contribution in [-0.4, -0.2) is 28.8 Å². The second-order valence-corrected chi connectivity index (χ2v) is 12.5. The van der Waals surface area contributed by atoms with Gasteiger partial charge in [-0.3, -0.25) is 9.59 Å². The van der Waals surface area contributed by atoms with Crippen molar-refractivity contribution < 1.29 is 9.59 Å². The zero-order chi connectivity index (χ0) is 28.5. The van der Waals surface area contributed by atoms with Crippen molar-refractivity contribution in [2.75, 3.05) is 0 Å². The number of aryl methyl sites for hydroxylation is 2. The molecular formula is C36H46N2O2. The van der Waals surface area contributed by atoms with E-state index in [0.717, 1.165) is 42.4 Å². The molecule has 1 atom stereocenters. The standard InChI is InChI=1S/C36H46N2O2/c1-27-15-17-30(18-16-27)26-38(34(39)24-21-28-19-22-31(23-20-28)36(2,3)4)33(25-29-11-7-5-8-12-29)35(40)37-32-13-9-6-10-14-32/h5,7-8,11-12,15-20,22-23,32-33H,6,9-10,13-14,21,24-26H2,1-4H3,(H,37,40)/t33-/m1/s1. The highest BCUT2D eigenvalue weighted by Gasteiger charge is 2.31. The molecule has 3 aromatic rings. The highest BCUT2D eigenvalue weighted by molar-refractivity contribution is 5.88. The molecule has 0 spiro atoms. The summed E-state index contributed by atoms with van der Waals surface area (Å²) in [5, 5.41) is 3.33. The minimum absolute atomic E-state index is 0.0141. The molecule has 4 rings (SSSR count). The van der Waals surface area contributed by atoms with Crippen molar-refractivity contribution in [3.63, 3.8) is 0 Å². The highest BCUT2D eigenvalue weighted by Crippen LogP contribution is 2.24. The monoisotopic (exact) mass is 538 g/mol. The largest absolute Gasteiger partial charge is 0.352 e. The fourth-order valence-corrected chi connectivity index (χ4v) is 5.55. The van der Waals surface area contributed by atoms with Crippen LogP contribution in [0.4, 0.5) is 0 Å². The van der Waals surface area contributed by atoms with E-state index in [2.05, 4.69) is 81.5 Å². The molecule has 1 saturated carbocycles. The Morgan fingerprint density at radius 3 is 2.08 bits per heavy atom. The first-order chi connectivity index (χ1) is 19.2. The minimum atomic E-state index is -0.568. The molecule has 0 unspecified atom stereocenters. The Labute approximate surface area is 241 Å². The number of nitrogens with zero attached hydrogens (tertiary/aromatic N) is 1. The van der Waals surface area contributed by atoms with Gasteiger partial charge in [-0.15, -0.1) is 0 Å². The average molecular weight is 539 g/mol. The van der Waals surface area contributed by atoms with Gasteiger partial charge < -0.3 is 10.2 Å². The molecule has 1 N–H and O–H groups in total. The third-order valence-corrected chi connectivity index (χ3v) is 8.14. The molecule has 40 heavy (non-hydrogen) atoms. The summed E-state index contributed by atoms with van der Waals surface area (Å²) in [6.07, 6.45) is 7.06. The number of hydrogen-bond acceptors (Lipinski definition) is 2. The van der Waals surface area contributed by atoms with Crippen LogP contribution in [0.15, 0.2) is 78.9 Å². The topological polar surface area (TPSA) is 49.4 Å². The van der Waals surface area contributed by atoms with Crippen LogP contribution in [0.2, 0.25) is 0 Å². The second-order valence-electron chi connectivity index (χ2n) is 12.5. The molecule has 0 bridgehead atoms. The zero-order valence-electron chi connectivity index (χ0n) is 24.8. The summed E-state index contributed by atoms with van der Waals surface area (Å²) in [6, 6.07) is 26.6. The van der Waals surface area contributed by atoms with Crippen LogP contribution >= 0.6 is 0 Å². The van der Waals surface area contributed by atoms with E-state index in [1.807, 2.05) is 35.2 Å². The summed E-state index contributed by atoms with van der Waals surface area (Å²) in [5.74, 6) is -0.0223. The normalized spacial score (nSPS) is 14.9. The predicted octanol–water partition coefficient (Wildman–Crippen LogP) is 7.31. The number of carbonyl (C=O) groups is 2. The van der Waals surface area contributed by atoms with Crippen molar-refractivity contribution in [1.29, 1.82) is 0 Å². The van der Waals surface area contributed by atoms with Crippen molar-refractivity contribution in [1.82, 2.24) is 10.2 Å². The van der Waals surface area contributed by atoms with Crippen LogP contribution in [0.3, 0.4) is 0 Å². The second kappa shape index (κ2) is 13.8. The summed E-state index contributed by atoms with van der Waals surface area (Å²) in [4.78, 5) is 29.7. The van der Waals surface area contributed by atoms with Crippen molar-refractivity contribution in [2.45, 2.75) is 103 Å². The lowest BCUT2D eigenvalue weighted by atomic mass is 9.86. The van der Waals surface area contributed by atoms with Crippen molar-refractivity contribution in [2.24, 2.45) is 0 Å². The van der Waals surface area contributed by atoms with Crippen LogP contribution in [0, 0.1) is 6.92 Å². The van der Waals surface area contributed by atoms with Gasteiger partial charge in [0, 0.05) is 25.4 Å². The molecule has 1 aliphatic carbocycles. The van der Waals surface area contributed by atoms with Crippen LogP contribution in [0.1, 0.15) is 87.1 Å². The lowest BCUT2D eigenvalue weighted by Gasteiger charge is -2.33. The highest BCUT2D eigenvalue weighted by atomic mass is 16.2. The van der Waals surface area contributed by atoms with Crippen LogP contribution in [-0.2, 0) is 34.4 Å². The first kappa shape index (κ1) is 29.6. The molecule has 0 aromatic heterocycles. The maximum Gasteiger partial charge on any atom is 0.243 e. The summed E-state index contributed by atoms with van der Waals surface area (Å²) in [7, 11) is 0. The van der Waals surface area contributed by atoms with Crippen LogP contribution < -0.4 is 5.32 Å². The lowest BCUT2D eigenvalue weighted by molar-refractivity contribution is -0.141. The molecule has 4 nitrogen and oxygen atoms in total. The van der Waals surface area contributed by atoms with Crippen LogP contribution in [0.25, 0.3) is 0 Å². The van der Waals surface area contributed by atoms with E-state index < -0.39 is 6.04 Å². The quantitative estimate of drug-likeness (QED) is 0.294. The fraction of sp³-hybridized carbons (Fsp3) is 0.444. The Kier molecular flexibility index (Phi) is 10.2. The van der Waals surface area contributed by atoms with E-state index in [9.17, 15) is 9.59 Å². The summed E-state index contributed by atoms with van der Waals surface area (Å²) < 4.78 is 0. The molecule has 2 amide bonds. The van der Waals surface area contributed by atoms with Gasteiger partial charge in [-0.2, -0.15) is 0 Å². The van der Waals surface area contributed by atoms with Crippen LogP contribution in [0.5, 0.6) is 0 Å². The Bertz CT molecular complexity index is 1220. The predicted molar refractivity (Wildman–Crippen MR) is 164 cm³/mol. The molecule has 0 heterocycles. The molecule has 4 heteroatoms. The number of amides is 2. The molecule has 1 aliphatic rings. The third kappa shape index (κ3) is 8.55. The van der Waals surface area contributed by atoms with Gasteiger partial charge in [-0.1, -0.05) is 124 Å². The Morgan fingerprint density at radius 2 is 1.45 bits per heavy atom. The van der Waals surface area contributed by atoms with Crippen molar-refractivity contribution in [3.05, 3.63) is 107 Å². The number of hydrogen-bond donors (Lipinski definition) is 1. The third-order valence-electron chi connectivity index (χ3n) is 8.14. The fourth-order valence-electron chi connectivity index (χ4n) is 5.55. The smallest absolute Gasteiger partial charge is 0.243 e. The molecule has 212 valence electrons. The number of benzene rings is 3. The average Bonchev–Trinajstić information content (AvgIpc) is 2.95. The summed E-state index contributed by atoms with van der Waals surface area (Å²) in [5.41, 5.74) is 5.79. The molecule has 1 fully saturated rings. The van der Waals surface area contributed by atoms with Gasteiger partial charge in [0.2, 0.25) is 11.8 Å². The molecular weight excluding hydrogens is 492 g/mol. The maximum absolute atomic E-state index is 14.0. The van der Waals surface area contributed by atoms with E-state index in [1.54, 1.807) is 0 Å². The van der Waals surface area contributed by atoms with Gasteiger partial charge in [-0.25, -0.2) is 0 Å². The van der Waals surface area contributed by atoms with E-state index >= 15 is 0 Å². The SMILES string of the molecule is Cc1ccc(CN(C(=O)CCc2ccc(C(C)(C)C)cc2)[C@H](Cc2ccccc2)C(=O)NC2CCCCC2)cc1. The summed E-state index contributed by atoms with van der Waals surface area (Å²) >= 11 is 0. The maximum atomic E-state index is 14.0. The number of nitrogens with one attached hydrogen (secondary N) is 1. The number of rotatable bonds is 10. The van der Waals surface area contributed by atoms with Gasteiger partial charge >= 0.3 is 0 Å². The molecule has 0 aliphatic heterocycles. The van der Waals surface area contributed by atoms with Crippen molar-refractivity contribution >= 4 is 11.8 Å². The molecule has 0 saturated heterocycles. The first-order valence-corrected chi connectivity index (χ1v) is 15.0. The van der Waals surface area contributed by atoms with Crippen molar-refractivity contribution in [3.8, 4) is 0 Å². The number of carbonyl (C=O) groups excluding carboxylic acids is 2. The van der Waals surface area contributed by atoms with Gasteiger partial charge in [0.15, 0.2) is 0 Å². The van der Waals surface area contributed by atoms with Gasteiger partial charge in [0.05, 0.1) is 0 Å². The Hall–Kier alpha value is -3.40. The molecule has 3 aromatic carbocycles. The van der Waals surface area contributed by atoms with Gasteiger partial charge in [-0.05, 0) is 53.9 Å². The van der Waals surface area contributed by atoms with E-state index in [4.69, 9.17) is 0 Å². The minimum Gasteiger partial charge on any atom is -0.352 e. The Morgan fingerprint density at radius 1 is 0.825 bits per heavy atom. The summed E-state index contributed by atoms with van der Waals surface area (Å²) in [6.45, 7) is 9.10. The van der Waals surface area contributed by atoms with E-state index in [1.165, 1.54) is 17.5 Å². The molecule has 0 radical (unpaired) electrons. The van der Waals surface area contributed by atoms with Gasteiger partial charge in [0.25, 0.3) is 0 Å². The van der Waals surface area contributed by atoms with Gasteiger partial charge in [0.1, 0.15) is 6.04 Å². The lowest BCUT2D eigenvalue weighted by Crippen LogP contribution is -2.52. The van der Waals surface area contributed by atoms with E-state index in [-0.39, 0.29) is 23.3 Å². The Balaban J connectivity index is 1.58. The van der Waals surface area contributed by atoms with E-state index in [0.29, 0.717) is 25.8 Å².